The van der Waals surface area contributed by atoms with Gasteiger partial charge in [-0.15, -0.1) is 0 Å². The Morgan fingerprint density at radius 3 is 2.76 bits per heavy atom. The third-order valence-electron chi connectivity index (χ3n) is 5.45. The summed E-state index contributed by atoms with van der Waals surface area (Å²) in [6.07, 6.45) is 9.57. The molecule has 1 saturated carbocycles. The molecule has 3 heterocycles. The quantitative estimate of drug-likeness (QED) is 0.842. The van der Waals surface area contributed by atoms with Gasteiger partial charge in [-0.25, -0.2) is 9.97 Å². The lowest BCUT2D eigenvalue weighted by Gasteiger charge is -2.28. The molecule has 0 radical (unpaired) electrons. The molecule has 0 spiro atoms. The van der Waals surface area contributed by atoms with E-state index in [0.29, 0.717) is 38.8 Å². The summed E-state index contributed by atoms with van der Waals surface area (Å²) in [5.41, 5.74) is 3.07. The second-order valence-electron chi connectivity index (χ2n) is 6.85. The van der Waals surface area contributed by atoms with Crippen molar-refractivity contribution in [2.45, 2.75) is 38.5 Å². The third kappa shape index (κ3) is 2.70. The first-order chi connectivity index (χ1) is 12.2. The smallest absolute Gasteiger partial charge is 0.243 e. The number of carbonyl (C=O) groups is 1. The van der Waals surface area contributed by atoms with Crippen LogP contribution in [-0.4, -0.2) is 33.9 Å². The number of amides is 1. The van der Waals surface area contributed by atoms with Crippen molar-refractivity contribution in [3.05, 3.63) is 36.2 Å². The Hall–Kier alpha value is -2.68. The summed E-state index contributed by atoms with van der Waals surface area (Å²) < 4.78 is 5.18. The van der Waals surface area contributed by atoms with Gasteiger partial charge < -0.3 is 9.32 Å². The van der Waals surface area contributed by atoms with Crippen LogP contribution in [0.25, 0.3) is 11.3 Å². The summed E-state index contributed by atoms with van der Waals surface area (Å²) in [7, 11) is 0. The largest absolute Gasteiger partial charge is 0.472 e. The van der Waals surface area contributed by atoms with Crippen molar-refractivity contribution in [3.8, 4) is 17.3 Å². The zero-order chi connectivity index (χ0) is 17.3. The van der Waals surface area contributed by atoms with Gasteiger partial charge in [0.2, 0.25) is 5.91 Å². The summed E-state index contributed by atoms with van der Waals surface area (Å²) in [5, 5.41) is 9.60. The van der Waals surface area contributed by atoms with Crippen LogP contribution in [-0.2, 0) is 17.6 Å². The van der Waals surface area contributed by atoms with Gasteiger partial charge in [0, 0.05) is 36.3 Å². The molecule has 2 aromatic rings. The van der Waals surface area contributed by atoms with Crippen LogP contribution in [0.1, 0.15) is 36.9 Å². The van der Waals surface area contributed by atoms with Crippen LogP contribution in [0.3, 0.4) is 0 Å². The highest BCUT2D eigenvalue weighted by Crippen LogP contribution is 2.39. The van der Waals surface area contributed by atoms with E-state index < -0.39 is 5.41 Å². The average Bonchev–Trinajstić information content (AvgIpc) is 3.30. The Kier molecular flexibility index (Phi) is 4.00. The van der Waals surface area contributed by atoms with E-state index in [2.05, 4.69) is 16.0 Å². The zero-order valence-electron chi connectivity index (χ0n) is 14.1. The molecule has 0 unspecified atom stereocenters. The summed E-state index contributed by atoms with van der Waals surface area (Å²) in [6.45, 7) is 1.21. The van der Waals surface area contributed by atoms with Crippen molar-refractivity contribution in [1.82, 2.24) is 14.9 Å². The van der Waals surface area contributed by atoms with Crippen LogP contribution in [0, 0.1) is 16.7 Å². The molecule has 1 aliphatic carbocycles. The van der Waals surface area contributed by atoms with Crippen molar-refractivity contribution in [3.63, 3.8) is 0 Å². The van der Waals surface area contributed by atoms with Gasteiger partial charge in [0.25, 0.3) is 0 Å². The zero-order valence-corrected chi connectivity index (χ0v) is 14.1. The van der Waals surface area contributed by atoms with Gasteiger partial charge in [-0.05, 0) is 25.3 Å². The Morgan fingerprint density at radius 1 is 1.24 bits per heavy atom. The molecule has 2 aromatic heterocycles. The summed E-state index contributed by atoms with van der Waals surface area (Å²) in [4.78, 5) is 23.7. The van der Waals surface area contributed by atoms with Crippen LogP contribution >= 0.6 is 0 Å². The van der Waals surface area contributed by atoms with E-state index in [1.54, 1.807) is 18.9 Å². The second-order valence-corrected chi connectivity index (χ2v) is 6.85. The molecule has 0 atom stereocenters. The molecular formula is C19H20N4O2. The predicted molar refractivity (Wildman–Crippen MR) is 90.2 cm³/mol. The monoisotopic (exact) mass is 336 g/mol. The molecule has 128 valence electrons. The molecule has 1 amide bonds. The lowest BCUT2D eigenvalue weighted by atomic mass is 9.86. The fourth-order valence-electron chi connectivity index (χ4n) is 4.03. The Balaban J connectivity index is 1.60. The standard InChI is InChI=1S/C19H20N4O2/c20-12-19(6-1-2-7-19)18(24)23-8-3-15-16(4-9-23)21-13-22-17(15)14-5-10-25-11-14/h5,10-11,13H,1-4,6-9H2. The van der Waals surface area contributed by atoms with E-state index in [1.807, 2.05) is 11.0 Å². The van der Waals surface area contributed by atoms with Crippen molar-refractivity contribution < 1.29 is 9.21 Å². The van der Waals surface area contributed by atoms with E-state index in [1.165, 1.54) is 0 Å². The van der Waals surface area contributed by atoms with E-state index in [9.17, 15) is 10.1 Å². The Labute approximate surface area is 146 Å². The lowest BCUT2D eigenvalue weighted by Crippen LogP contribution is -2.43. The van der Waals surface area contributed by atoms with Gasteiger partial charge in [-0.2, -0.15) is 5.26 Å². The number of nitriles is 1. The number of carbonyl (C=O) groups excluding carboxylic acids is 1. The molecule has 2 aliphatic rings. The minimum absolute atomic E-state index is 0.00173. The van der Waals surface area contributed by atoms with Crippen molar-refractivity contribution in [1.29, 1.82) is 5.26 Å². The minimum atomic E-state index is -0.810. The molecule has 0 aromatic carbocycles. The van der Waals surface area contributed by atoms with Gasteiger partial charge >= 0.3 is 0 Å². The van der Waals surface area contributed by atoms with Crippen LogP contribution < -0.4 is 0 Å². The van der Waals surface area contributed by atoms with Crippen LogP contribution in [0.4, 0.5) is 0 Å². The summed E-state index contributed by atoms with van der Waals surface area (Å²) >= 11 is 0. The first kappa shape index (κ1) is 15.8. The maximum Gasteiger partial charge on any atom is 0.243 e. The number of aromatic nitrogens is 2. The van der Waals surface area contributed by atoms with Crippen LogP contribution in [0.15, 0.2) is 29.3 Å². The molecule has 1 fully saturated rings. The molecule has 0 saturated heterocycles. The van der Waals surface area contributed by atoms with Gasteiger partial charge in [0.05, 0.1) is 24.3 Å². The van der Waals surface area contributed by atoms with E-state index >= 15 is 0 Å². The molecule has 1 aliphatic heterocycles. The number of hydrogen-bond acceptors (Lipinski definition) is 5. The van der Waals surface area contributed by atoms with Crippen molar-refractivity contribution in [2.75, 3.05) is 13.1 Å². The highest BCUT2D eigenvalue weighted by atomic mass is 16.3. The van der Waals surface area contributed by atoms with E-state index in [-0.39, 0.29) is 5.91 Å². The van der Waals surface area contributed by atoms with E-state index in [4.69, 9.17) is 4.42 Å². The Bertz CT molecular complexity index is 816. The van der Waals surface area contributed by atoms with Gasteiger partial charge in [-0.1, -0.05) is 12.8 Å². The third-order valence-corrected chi connectivity index (χ3v) is 5.45. The number of nitrogens with zero attached hydrogens (tertiary/aromatic N) is 4. The summed E-state index contributed by atoms with van der Waals surface area (Å²) in [6, 6.07) is 4.21. The number of fused-ring (bicyclic) bond motifs is 1. The number of hydrogen-bond donors (Lipinski definition) is 0. The maximum absolute atomic E-state index is 13.0. The molecule has 6 heteroatoms. The fourth-order valence-corrected chi connectivity index (χ4v) is 4.03. The number of furan rings is 1. The molecule has 6 nitrogen and oxygen atoms in total. The number of rotatable bonds is 2. The predicted octanol–water partition coefficient (Wildman–Crippen LogP) is 2.75. The second kappa shape index (κ2) is 6.32. The van der Waals surface area contributed by atoms with E-state index in [0.717, 1.165) is 35.4 Å². The van der Waals surface area contributed by atoms with Crippen molar-refractivity contribution in [2.24, 2.45) is 5.41 Å². The first-order valence-corrected chi connectivity index (χ1v) is 8.79. The molecule has 4 rings (SSSR count). The van der Waals surface area contributed by atoms with Gasteiger partial charge in [0.15, 0.2) is 0 Å². The van der Waals surface area contributed by atoms with Gasteiger partial charge in [0.1, 0.15) is 11.7 Å². The molecule has 25 heavy (non-hydrogen) atoms. The topological polar surface area (TPSA) is 83.0 Å². The molecular weight excluding hydrogens is 316 g/mol. The molecule has 0 N–H and O–H groups in total. The van der Waals surface area contributed by atoms with Crippen LogP contribution in [0.2, 0.25) is 0 Å². The maximum atomic E-state index is 13.0. The van der Waals surface area contributed by atoms with Crippen LogP contribution in [0.5, 0.6) is 0 Å². The Morgan fingerprint density at radius 2 is 2.04 bits per heavy atom. The fraction of sp³-hybridized carbons (Fsp3) is 0.474. The summed E-state index contributed by atoms with van der Waals surface area (Å²) in [5.74, 6) is -0.00173. The van der Waals surface area contributed by atoms with Crippen molar-refractivity contribution >= 4 is 5.91 Å². The normalized spacial score (nSPS) is 19.1. The SMILES string of the molecule is N#CC1(C(=O)N2CCc3ncnc(-c4ccoc4)c3CC2)CCCC1. The lowest BCUT2D eigenvalue weighted by molar-refractivity contribution is -0.138. The average molecular weight is 336 g/mol. The highest BCUT2D eigenvalue weighted by Gasteiger charge is 2.44. The molecule has 0 bridgehead atoms. The van der Waals surface area contributed by atoms with Gasteiger partial charge in [-0.3, -0.25) is 4.79 Å². The highest BCUT2D eigenvalue weighted by molar-refractivity contribution is 5.86. The first-order valence-electron chi connectivity index (χ1n) is 8.79. The minimum Gasteiger partial charge on any atom is -0.472 e.